The molecule has 0 saturated heterocycles. The minimum atomic E-state index is -1.07. The fraction of sp³-hybridized carbons (Fsp3) is 0.452. The molecule has 2 aromatic carbocycles. The van der Waals surface area contributed by atoms with Gasteiger partial charge in [-0.15, -0.1) is 0 Å². The van der Waals surface area contributed by atoms with Crippen molar-refractivity contribution in [3.8, 4) is 0 Å². The molecule has 0 heterocycles. The summed E-state index contributed by atoms with van der Waals surface area (Å²) in [6, 6.07) is 16.5. The minimum Gasteiger partial charge on any atom is -0.444 e. The van der Waals surface area contributed by atoms with Crippen LogP contribution in [0.25, 0.3) is 0 Å². The van der Waals surface area contributed by atoms with E-state index in [-0.39, 0.29) is 31.4 Å². The Kier molecular flexibility index (Phi) is 12.3. The van der Waals surface area contributed by atoms with Gasteiger partial charge in [0.2, 0.25) is 11.8 Å². The van der Waals surface area contributed by atoms with Crippen molar-refractivity contribution in [2.75, 3.05) is 18.5 Å². The van der Waals surface area contributed by atoms with E-state index in [2.05, 4.69) is 10.3 Å². The van der Waals surface area contributed by atoms with Gasteiger partial charge in [-0.1, -0.05) is 61.4 Å². The van der Waals surface area contributed by atoms with E-state index in [9.17, 15) is 19.2 Å². The summed E-state index contributed by atoms with van der Waals surface area (Å²) in [5.41, 5.74) is 12.4. The van der Waals surface area contributed by atoms with Crippen molar-refractivity contribution in [3.05, 3.63) is 66.2 Å². The number of aldehydes is 1. The predicted molar refractivity (Wildman–Crippen MR) is 161 cm³/mol. The van der Waals surface area contributed by atoms with Gasteiger partial charge in [0, 0.05) is 25.3 Å². The van der Waals surface area contributed by atoms with E-state index in [4.69, 9.17) is 16.2 Å². The molecule has 0 aromatic heterocycles. The van der Waals surface area contributed by atoms with Crippen LogP contribution >= 0.6 is 0 Å². The number of carbonyl (C=O) groups excluding carboxylic acids is 4. The summed E-state index contributed by atoms with van der Waals surface area (Å²) in [5, 5.41) is 3.06. The number of imide groups is 1. The van der Waals surface area contributed by atoms with Gasteiger partial charge in [0.1, 0.15) is 18.9 Å². The molecule has 1 aliphatic rings. The SMILES string of the molecule is C[C@H](C(=O)N[C@H]1CCCC[C@H]1C(=O)N(C(=O)OCc1ccccc1)[C@H](C=O)CCCN=C(N)N)N(C)c1ccccc1. The number of rotatable bonds is 13. The number of aliphatic imine (C=N–C) groups is 1. The summed E-state index contributed by atoms with van der Waals surface area (Å²) in [7, 11) is 1.84. The van der Waals surface area contributed by atoms with Crippen LogP contribution in [0.3, 0.4) is 0 Å². The lowest BCUT2D eigenvalue weighted by atomic mass is 9.83. The third-order valence-electron chi connectivity index (χ3n) is 7.62. The summed E-state index contributed by atoms with van der Waals surface area (Å²) in [6.45, 7) is 1.98. The number of guanidine groups is 1. The van der Waals surface area contributed by atoms with Crippen LogP contribution in [-0.4, -0.2) is 66.8 Å². The number of likely N-dealkylation sites (N-methyl/N-ethyl adjacent to an activating group) is 1. The molecule has 0 aliphatic heterocycles. The number of ether oxygens (including phenoxy) is 1. The lowest BCUT2D eigenvalue weighted by Crippen LogP contribution is -2.56. The van der Waals surface area contributed by atoms with E-state index < -0.39 is 36.0 Å². The van der Waals surface area contributed by atoms with Crippen LogP contribution in [-0.2, 0) is 25.7 Å². The summed E-state index contributed by atoms with van der Waals surface area (Å²) >= 11 is 0. The molecule has 11 nitrogen and oxygen atoms in total. The number of hydrogen-bond donors (Lipinski definition) is 3. The molecule has 1 aliphatic carbocycles. The van der Waals surface area contributed by atoms with Crippen molar-refractivity contribution < 1.29 is 23.9 Å². The number of hydrogen-bond acceptors (Lipinski definition) is 7. The average molecular weight is 579 g/mol. The highest BCUT2D eigenvalue weighted by molar-refractivity contribution is 5.97. The third kappa shape index (κ3) is 9.05. The molecule has 0 spiro atoms. The Morgan fingerprint density at radius 1 is 1.05 bits per heavy atom. The number of para-hydroxylation sites is 1. The topological polar surface area (TPSA) is 160 Å². The van der Waals surface area contributed by atoms with Gasteiger partial charge in [0.05, 0.1) is 12.0 Å². The Bertz CT molecular complexity index is 1200. The van der Waals surface area contributed by atoms with Crippen LogP contribution in [0, 0.1) is 5.92 Å². The number of benzene rings is 2. The molecule has 11 heteroatoms. The molecule has 1 saturated carbocycles. The maximum atomic E-state index is 14.0. The number of nitrogens with zero attached hydrogens (tertiary/aromatic N) is 3. The van der Waals surface area contributed by atoms with Gasteiger partial charge < -0.3 is 31.2 Å². The third-order valence-corrected chi connectivity index (χ3v) is 7.62. The number of nitrogens with two attached hydrogens (primary N) is 2. The summed E-state index contributed by atoms with van der Waals surface area (Å²) in [5.74, 6) is -1.54. The molecule has 5 N–H and O–H groups in total. The van der Waals surface area contributed by atoms with Gasteiger partial charge in [0.25, 0.3) is 0 Å². The first-order valence-electron chi connectivity index (χ1n) is 14.4. The van der Waals surface area contributed by atoms with Crippen molar-refractivity contribution in [2.45, 2.75) is 70.2 Å². The van der Waals surface area contributed by atoms with Gasteiger partial charge >= 0.3 is 6.09 Å². The van der Waals surface area contributed by atoms with Crippen LogP contribution < -0.4 is 21.7 Å². The molecule has 0 bridgehead atoms. The summed E-state index contributed by atoms with van der Waals surface area (Å²) in [4.78, 5) is 59.7. The summed E-state index contributed by atoms with van der Waals surface area (Å²) in [6.07, 6.45) is 2.82. The van der Waals surface area contributed by atoms with Gasteiger partial charge in [-0.2, -0.15) is 0 Å². The standard InChI is InChI=1S/C31H42N6O5/c1-22(36(2)24-14-7-4-8-15-24)28(39)35-27-18-10-9-17-26(27)29(40)37(25(20-38)16-11-19-34-30(32)33)31(41)42-21-23-12-5-3-6-13-23/h3-8,12-15,20,22,25-27H,9-11,16-19,21H2,1-2H3,(H,35,39)(H4,32,33,34)/t22-,25+,26-,27+/m1/s1. The smallest absolute Gasteiger partial charge is 0.417 e. The fourth-order valence-corrected chi connectivity index (χ4v) is 5.09. The van der Waals surface area contributed by atoms with Crippen LogP contribution in [0.1, 0.15) is 51.0 Å². The first-order valence-corrected chi connectivity index (χ1v) is 14.4. The zero-order valence-corrected chi connectivity index (χ0v) is 24.4. The monoisotopic (exact) mass is 578 g/mol. The average Bonchev–Trinajstić information content (AvgIpc) is 3.01. The second-order valence-corrected chi connectivity index (χ2v) is 10.5. The molecule has 2 aromatic rings. The van der Waals surface area contributed by atoms with Gasteiger partial charge in [-0.3, -0.25) is 14.6 Å². The Morgan fingerprint density at radius 2 is 1.69 bits per heavy atom. The molecule has 3 amide bonds. The maximum Gasteiger partial charge on any atom is 0.417 e. The van der Waals surface area contributed by atoms with Crippen molar-refractivity contribution >= 4 is 35.8 Å². The highest BCUT2D eigenvalue weighted by Crippen LogP contribution is 2.28. The van der Waals surface area contributed by atoms with Gasteiger partial charge in [-0.25, -0.2) is 9.69 Å². The number of nitrogens with one attached hydrogen (secondary N) is 1. The molecule has 226 valence electrons. The summed E-state index contributed by atoms with van der Waals surface area (Å²) < 4.78 is 5.51. The van der Waals surface area contributed by atoms with Gasteiger partial charge in [0.15, 0.2) is 5.96 Å². The first-order chi connectivity index (χ1) is 20.2. The lowest BCUT2D eigenvalue weighted by molar-refractivity contribution is -0.140. The number of anilines is 1. The second-order valence-electron chi connectivity index (χ2n) is 10.5. The van der Waals surface area contributed by atoms with E-state index in [1.165, 1.54) is 0 Å². The molecule has 0 radical (unpaired) electrons. The molecule has 3 rings (SSSR count). The Hall–Kier alpha value is -4.41. The van der Waals surface area contributed by atoms with E-state index in [0.29, 0.717) is 25.5 Å². The van der Waals surface area contributed by atoms with Crippen molar-refractivity contribution in [1.82, 2.24) is 10.2 Å². The first kappa shape index (κ1) is 32.1. The fourth-order valence-electron chi connectivity index (χ4n) is 5.09. The Balaban J connectivity index is 1.78. The second kappa shape index (κ2) is 16.1. The van der Waals surface area contributed by atoms with Crippen LogP contribution in [0.4, 0.5) is 10.5 Å². The van der Waals surface area contributed by atoms with Crippen molar-refractivity contribution in [1.29, 1.82) is 0 Å². The normalized spacial score (nSPS) is 17.7. The molecule has 1 fully saturated rings. The number of amides is 3. The quantitative estimate of drug-likeness (QED) is 0.142. The van der Waals surface area contributed by atoms with Crippen molar-refractivity contribution in [3.63, 3.8) is 0 Å². The minimum absolute atomic E-state index is 0.0583. The molecular weight excluding hydrogens is 536 g/mol. The van der Waals surface area contributed by atoms with E-state index in [1.54, 1.807) is 19.1 Å². The van der Waals surface area contributed by atoms with Crippen LogP contribution in [0.2, 0.25) is 0 Å². The molecule has 0 unspecified atom stereocenters. The molecule has 4 atom stereocenters. The van der Waals surface area contributed by atoms with Crippen LogP contribution in [0.15, 0.2) is 65.7 Å². The van der Waals surface area contributed by atoms with Crippen molar-refractivity contribution in [2.24, 2.45) is 22.4 Å². The maximum absolute atomic E-state index is 14.0. The zero-order valence-electron chi connectivity index (χ0n) is 24.4. The van der Waals surface area contributed by atoms with E-state index in [1.807, 2.05) is 60.5 Å². The largest absolute Gasteiger partial charge is 0.444 e. The highest BCUT2D eigenvalue weighted by Gasteiger charge is 2.41. The predicted octanol–water partition coefficient (Wildman–Crippen LogP) is 2.97. The lowest BCUT2D eigenvalue weighted by Gasteiger charge is -2.37. The van der Waals surface area contributed by atoms with E-state index in [0.717, 1.165) is 29.0 Å². The Morgan fingerprint density at radius 3 is 2.33 bits per heavy atom. The van der Waals surface area contributed by atoms with Gasteiger partial charge in [-0.05, 0) is 50.3 Å². The molecular formula is C31H42N6O5. The Labute approximate surface area is 247 Å². The molecule has 42 heavy (non-hydrogen) atoms. The van der Waals surface area contributed by atoms with E-state index >= 15 is 0 Å². The zero-order chi connectivity index (χ0) is 30.5. The number of carbonyl (C=O) groups is 4. The van der Waals surface area contributed by atoms with Crippen LogP contribution in [0.5, 0.6) is 0 Å². The highest BCUT2D eigenvalue weighted by atomic mass is 16.6.